The van der Waals surface area contributed by atoms with Crippen LogP contribution in [-0.4, -0.2) is 50.7 Å². The topological polar surface area (TPSA) is 48.9 Å². The minimum absolute atomic E-state index is 0. The van der Waals surface area contributed by atoms with Crippen LogP contribution in [0.4, 0.5) is 4.39 Å². The molecule has 28 heavy (non-hydrogen) atoms. The molecule has 1 aliphatic heterocycles. The van der Waals surface area contributed by atoms with Crippen molar-refractivity contribution in [2.24, 2.45) is 4.99 Å². The summed E-state index contributed by atoms with van der Waals surface area (Å²) in [4.78, 5) is 7.21. The molecule has 0 aromatic heterocycles. The summed E-state index contributed by atoms with van der Waals surface area (Å²) in [5, 5.41) is 6.69. The zero-order valence-electron chi connectivity index (χ0n) is 17.3. The molecule has 0 saturated carbocycles. The third-order valence-corrected chi connectivity index (χ3v) is 4.82. The average Bonchev–Trinajstić information content (AvgIpc) is 2.94. The molecule has 0 radical (unpaired) electrons. The predicted molar refractivity (Wildman–Crippen MR) is 125 cm³/mol. The molecule has 160 valence electrons. The van der Waals surface area contributed by atoms with E-state index in [-0.39, 0.29) is 36.4 Å². The molecule has 7 heteroatoms. The summed E-state index contributed by atoms with van der Waals surface area (Å²) < 4.78 is 18.8. The van der Waals surface area contributed by atoms with E-state index in [2.05, 4.69) is 27.4 Å². The maximum Gasteiger partial charge on any atom is 0.191 e. The first-order chi connectivity index (χ1) is 13.2. The Balaban J connectivity index is 0.00000392. The van der Waals surface area contributed by atoms with Crippen molar-refractivity contribution in [3.63, 3.8) is 0 Å². The largest absolute Gasteiger partial charge is 0.380 e. The maximum atomic E-state index is 13.7. The van der Waals surface area contributed by atoms with Crippen molar-refractivity contribution in [3.05, 3.63) is 35.1 Å². The van der Waals surface area contributed by atoms with E-state index in [0.717, 1.165) is 37.6 Å². The summed E-state index contributed by atoms with van der Waals surface area (Å²) in [5.41, 5.74) is 1.55. The van der Waals surface area contributed by atoms with Crippen molar-refractivity contribution in [2.45, 2.75) is 52.2 Å². The van der Waals surface area contributed by atoms with Gasteiger partial charge in [-0.3, -0.25) is 0 Å². The highest BCUT2D eigenvalue weighted by molar-refractivity contribution is 14.0. The number of halogens is 2. The normalized spacial score (nSPS) is 15.6. The lowest BCUT2D eigenvalue weighted by atomic mass is 10.1. The van der Waals surface area contributed by atoms with Gasteiger partial charge in [0.1, 0.15) is 5.82 Å². The maximum absolute atomic E-state index is 13.7. The first-order valence-corrected chi connectivity index (χ1v) is 10.2. The van der Waals surface area contributed by atoms with Crippen LogP contribution in [0.15, 0.2) is 23.2 Å². The van der Waals surface area contributed by atoms with Crippen LogP contribution in [0.3, 0.4) is 0 Å². The summed E-state index contributed by atoms with van der Waals surface area (Å²) in [5.74, 6) is 0.578. The predicted octanol–water partition coefficient (Wildman–Crippen LogP) is 3.91. The minimum Gasteiger partial charge on any atom is -0.380 e. The van der Waals surface area contributed by atoms with E-state index in [1.807, 2.05) is 6.07 Å². The second-order valence-electron chi connectivity index (χ2n) is 7.09. The molecule has 0 atom stereocenters. The van der Waals surface area contributed by atoms with Gasteiger partial charge in [-0.15, -0.1) is 24.0 Å². The minimum atomic E-state index is -0.233. The molecule has 0 amide bonds. The summed E-state index contributed by atoms with van der Waals surface area (Å²) in [7, 11) is 1.57. The molecule has 1 aromatic carbocycles. The fraction of sp³-hybridized carbons (Fsp3) is 0.667. The van der Waals surface area contributed by atoms with Gasteiger partial charge in [-0.05, 0) is 63.5 Å². The Labute approximate surface area is 186 Å². The number of benzene rings is 1. The number of rotatable bonds is 9. The smallest absolute Gasteiger partial charge is 0.191 e. The first kappa shape index (κ1) is 25.1. The van der Waals surface area contributed by atoms with Crippen LogP contribution in [0.1, 0.15) is 50.2 Å². The van der Waals surface area contributed by atoms with Crippen LogP contribution in [0.5, 0.6) is 0 Å². The van der Waals surface area contributed by atoms with Gasteiger partial charge in [0.05, 0.1) is 13.2 Å². The number of nitrogens with one attached hydrogen (secondary N) is 2. The Hall–Kier alpha value is -0.930. The van der Waals surface area contributed by atoms with Gasteiger partial charge in [0.15, 0.2) is 5.96 Å². The van der Waals surface area contributed by atoms with Gasteiger partial charge in [-0.25, -0.2) is 9.38 Å². The van der Waals surface area contributed by atoms with Crippen LogP contribution >= 0.6 is 24.0 Å². The number of hydrogen-bond acceptors (Lipinski definition) is 3. The Morgan fingerprint density at radius 1 is 1.18 bits per heavy atom. The average molecular weight is 506 g/mol. The second kappa shape index (κ2) is 15.0. The van der Waals surface area contributed by atoms with E-state index in [0.29, 0.717) is 12.1 Å². The molecule has 1 aliphatic rings. The van der Waals surface area contributed by atoms with Crippen LogP contribution in [0.2, 0.25) is 0 Å². The number of aliphatic imine (C=N–C) groups is 1. The Morgan fingerprint density at radius 2 is 1.93 bits per heavy atom. The Bertz CT molecular complexity index is 578. The molecule has 1 saturated heterocycles. The molecule has 1 fully saturated rings. The van der Waals surface area contributed by atoms with Gasteiger partial charge in [0.2, 0.25) is 0 Å². The Morgan fingerprint density at radius 3 is 2.61 bits per heavy atom. The highest BCUT2D eigenvalue weighted by Gasteiger charge is 2.08. The number of guanidine groups is 1. The van der Waals surface area contributed by atoms with E-state index < -0.39 is 0 Å². The molecule has 0 aliphatic carbocycles. The van der Waals surface area contributed by atoms with E-state index in [9.17, 15) is 4.39 Å². The lowest BCUT2D eigenvalue weighted by Crippen LogP contribution is -2.39. The highest BCUT2D eigenvalue weighted by atomic mass is 127. The number of hydrogen-bond donors (Lipinski definition) is 2. The van der Waals surface area contributed by atoms with Crippen molar-refractivity contribution < 1.29 is 9.13 Å². The van der Waals surface area contributed by atoms with Gasteiger partial charge < -0.3 is 20.3 Å². The molecule has 0 spiro atoms. The molecule has 1 aromatic rings. The number of likely N-dealkylation sites (tertiary alicyclic amines) is 1. The van der Waals surface area contributed by atoms with E-state index in [1.54, 1.807) is 13.2 Å². The first-order valence-electron chi connectivity index (χ1n) is 10.2. The molecular formula is C21H36FIN4O. The second-order valence-corrected chi connectivity index (χ2v) is 7.09. The molecule has 5 nitrogen and oxygen atoms in total. The van der Waals surface area contributed by atoms with Gasteiger partial charge in [0.25, 0.3) is 0 Å². The monoisotopic (exact) mass is 506 g/mol. The molecule has 2 N–H and O–H groups in total. The van der Waals surface area contributed by atoms with Crippen LogP contribution < -0.4 is 10.6 Å². The number of ether oxygens (including phenoxy) is 1. The van der Waals surface area contributed by atoms with Crippen molar-refractivity contribution >= 4 is 29.9 Å². The molecule has 1 heterocycles. The molecule has 0 bridgehead atoms. The third-order valence-electron chi connectivity index (χ3n) is 4.82. The Kier molecular flexibility index (Phi) is 13.4. The van der Waals surface area contributed by atoms with Crippen molar-refractivity contribution in [1.29, 1.82) is 0 Å². The highest BCUT2D eigenvalue weighted by Crippen LogP contribution is 2.12. The van der Waals surface area contributed by atoms with Gasteiger partial charge >= 0.3 is 0 Å². The van der Waals surface area contributed by atoms with E-state index >= 15 is 0 Å². The fourth-order valence-electron chi connectivity index (χ4n) is 3.37. The fourth-order valence-corrected chi connectivity index (χ4v) is 3.37. The summed E-state index contributed by atoms with van der Waals surface area (Å²) in [6, 6.07) is 5.09. The van der Waals surface area contributed by atoms with Gasteiger partial charge in [0, 0.05) is 25.8 Å². The summed E-state index contributed by atoms with van der Waals surface area (Å²) in [6.07, 6.45) is 6.53. The van der Waals surface area contributed by atoms with E-state index in [1.165, 1.54) is 44.8 Å². The standard InChI is InChI=1S/C21H35FN4O.HI/c1-3-23-21(24-11-8-14-26-12-6-4-5-7-13-26)25-16-18-9-10-20(22)19(15-18)17-27-2;/h9-10,15H,3-8,11-14,16-17H2,1-2H3,(H2,23,24,25);1H. The van der Waals surface area contributed by atoms with Gasteiger partial charge in [-0.2, -0.15) is 0 Å². The van der Waals surface area contributed by atoms with Crippen LogP contribution in [0.25, 0.3) is 0 Å². The zero-order chi connectivity index (χ0) is 19.3. The molecule has 2 rings (SSSR count). The van der Waals surface area contributed by atoms with E-state index in [4.69, 9.17) is 4.74 Å². The van der Waals surface area contributed by atoms with Crippen molar-refractivity contribution in [3.8, 4) is 0 Å². The summed E-state index contributed by atoms with van der Waals surface area (Å²) in [6.45, 7) is 8.19. The number of nitrogens with zero attached hydrogens (tertiary/aromatic N) is 2. The van der Waals surface area contributed by atoms with Gasteiger partial charge in [-0.1, -0.05) is 18.9 Å². The third kappa shape index (κ3) is 9.52. The lowest BCUT2D eigenvalue weighted by Gasteiger charge is -2.20. The van der Waals surface area contributed by atoms with Crippen LogP contribution in [0, 0.1) is 5.82 Å². The molecular weight excluding hydrogens is 470 g/mol. The zero-order valence-corrected chi connectivity index (χ0v) is 19.6. The number of methoxy groups -OCH3 is 1. The van der Waals surface area contributed by atoms with Crippen molar-refractivity contribution in [2.75, 3.05) is 39.8 Å². The van der Waals surface area contributed by atoms with Crippen LogP contribution in [-0.2, 0) is 17.9 Å². The quantitative estimate of drug-likeness (QED) is 0.231. The van der Waals surface area contributed by atoms with Crippen molar-refractivity contribution in [1.82, 2.24) is 15.5 Å². The summed E-state index contributed by atoms with van der Waals surface area (Å²) >= 11 is 0. The lowest BCUT2D eigenvalue weighted by molar-refractivity contribution is 0.181. The SMILES string of the molecule is CCNC(=NCc1ccc(F)c(COC)c1)NCCCN1CCCCCC1.I. The molecule has 0 unspecified atom stereocenters.